The van der Waals surface area contributed by atoms with E-state index in [1.807, 2.05) is 0 Å². The standard InChI is InChI=1S/C5H8FN3O2/c6-1-2-9-3-4(10)5(11)7-8-9/h8H,1-3H2,(H,7,11). The summed E-state index contributed by atoms with van der Waals surface area (Å²) in [6, 6.07) is 0. The van der Waals surface area contributed by atoms with E-state index in [9.17, 15) is 14.0 Å². The highest BCUT2D eigenvalue weighted by Gasteiger charge is 2.22. The van der Waals surface area contributed by atoms with Crippen molar-refractivity contribution in [3.63, 3.8) is 0 Å². The Balaban J connectivity index is 2.40. The second-order valence-corrected chi connectivity index (χ2v) is 2.10. The van der Waals surface area contributed by atoms with Crippen LogP contribution in [0.3, 0.4) is 0 Å². The monoisotopic (exact) mass is 161 g/mol. The molecule has 0 radical (unpaired) electrons. The number of alkyl halides is 1. The van der Waals surface area contributed by atoms with E-state index >= 15 is 0 Å². The molecule has 0 aromatic rings. The predicted octanol–water partition coefficient (Wildman–Crippen LogP) is -1.62. The van der Waals surface area contributed by atoms with Gasteiger partial charge in [0.15, 0.2) is 0 Å². The number of ketones is 1. The highest BCUT2D eigenvalue weighted by Crippen LogP contribution is 1.88. The van der Waals surface area contributed by atoms with Gasteiger partial charge in [0.05, 0.1) is 6.54 Å². The lowest BCUT2D eigenvalue weighted by Crippen LogP contribution is -2.60. The van der Waals surface area contributed by atoms with E-state index in [0.717, 1.165) is 0 Å². The SMILES string of the molecule is O=C1CN(CCF)NNC1=O. The number of hydrazine groups is 2. The van der Waals surface area contributed by atoms with E-state index in [1.54, 1.807) is 0 Å². The van der Waals surface area contributed by atoms with E-state index < -0.39 is 18.4 Å². The predicted molar refractivity (Wildman–Crippen MR) is 33.8 cm³/mol. The van der Waals surface area contributed by atoms with E-state index in [1.165, 1.54) is 5.01 Å². The normalized spacial score (nSPS) is 20.1. The molecule has 1 aliphatic heterocycles. The molecule has 5 nitrogen and oxygen atoms in total. The Labute approximate surface area is 62.5 Å². The van der Waals surface area contributed by atoms with Gasteiger partial charge in [-0.25, -0.2) is 9.40 Å². The summed E-state index contributed by atoms with van der Waals surface area (Å²) in [4.78, 5) is 21.2. The van der Waals surface area contributed by atoms with Crippen molar-refractivity contribution in [3.05, 3.63) is 0 Å². The molecule has 2 N–H and O–H groups in total. The number of rotatable bonds is 2. The Morgan fingerprint density at radius 3 is 2.82 bits per heavy atom. The molecular formula is C5H8FN3O2. The lowest BCUT2D eigenvalue weighted by Gasteiger charge is -2.25. The maximum atomic E-state index is 11.7. The van der Waals surface area contributed by atoms with Crippen molar-refractivity contribution in [1.29, 1.82) is 0 Å². The third kappa shape index (κ3) is 1.95. The Morgan fingerprint density at radius 1 is 1.55 bits per heavy atom. The summed E-state index contributed by atoms with van der Waals surface area (Å²) in [6.45, 7) is -0.544. The summed E-state index contributed by atoms with van der Waals surface area (Å²) in [5.41, 5.74) is 4.46. The molecule has 1 fully saturated rings. The zero-order valence-corrected chi connectivity index (χ0v) is 5.76. The largest absolute Gasteiger partial charge is 0.303 e. The lowest BCUT2D eigenvalue weighted by molar-refractivity contribution is -0.144. The first-order chi connectivity index (χ1) is 5.24. The first-order valence-electron chi connectivity index (χ1n) is 3.14. The van der Waals surface area contributed by atoms with Crippen molar-refractivity contribution in [2.45, 2.75) is 0 Å². The van der Waals surface area contributed by atoms with Crippen LogP contribution in [0.15, 0.2) is 0 Å². The fourth-order valence-corrected chi connectivity index (χ4v) is 0.721. The Hall–Kier alpha value is -1.01. The fraction of sp³-hybridized carbons (Fsp3) is 0.600. The number of nitrogens with one attached hydrogen (secondary N) is 2. The summed E-state index contributed by atoms with van der Waals surface area (Å²) in [5.74, 6) is -1.24. The molecule has 1 aliphatic rings. The van der Waals surface area contributed by atoms with Gasteiger partial charge < -0.3 is 0 Å². The molecule has 1 amide bonds. The van der Waals surface area contributed by atoms with E-state index in [4.69, 9.17) is 0 Å². The lowest BCUT2D eigenvalue weighted by atomic mass is 10.3. The van der Waals surface area contributed by atoms with Crippen LogP contribution in [0.5, 0.6) is 0 Å². The van der Waals surface area contributed by atoms with Crippen LogP contribution in [-0.4, -0.2) is 36.5 Å². The third-order valence-corrected chi connectivity index (χ3v) is 1.27. The van der Waals surface area contributed by atoms with Crippen LogP contribution in [0.4, 0.5) is 4.39 Å². The molecule has 0 unspecified atom stereocenters. The number of amides is 1. The molecule has 0 saturated carbocycles. The van der Waals surface area contributed by atoms with Crippen molar-refractivity contribution < 1.29 is 14.0 Å². The molecule has 0 bridgehead atoms. The summed E-state index contributed by atoms with van der Waals surface area (Å²) in [5, 5.41) is 1.30. The van der Waals surface area contributed by atoms with Gasteiger partial charge in [0, 0.05) is 6.54 Å². The summed E-state index contributed by atoms with van der Waals surface area (Å²) < 4.78 is 11.7. The number of hydrogen-bond donors (Lipinski definition) is 2. The summed E-state index contributed by atoms with van der Waals surface area (Å²) in [7, 11) is 0. The highest BCUT2D eigenvalue weighted by atomic mass is 19.1. The minimum Gasteiger partial charge on any atom is -0.287 e. The van der Waals surface area contributed by atoms with Crippen LogP contribution in [-0.2, 0) is 9.59 Å². The topological polar surface area (TPSA) is 61.4 Å². The van der Waals surface area contributed by atoms with Crippen molar-refractivity contribution >= 4 is 11.7 Å². The molecular weight excluding hydrogens is 153 g/mol. The molecule has 0 spiro atoms. The average Bonchev–Trinajstić information content (AvgIpc) is 1.98. The molecule has 1 rings (SSSR count). The minimum atomic E-state index is -0.680. The van der Waals surface area contributed by atoms with Crippen molar-refractivity contribution in [2.75, 3.05) is 19.8 Å². The quantitative estimate of drug-likeness (QED) is 0.478. The number of nitrogens with zero attached hydrogens (tertiary/aromatic N) is 1. The number of Topliss-reactive ketones (excluding diaryl/α,β-unsaturated/α-hetero) is 1. The zero-order valence-electron chi connectivity index (χ0n) is 5.76. The number of hydrogen-bond acceptors (Lipinski definition) is 4. The Morgan fingerprint density at radius 2 is 2.27 bits per heavy atom. The van der Waals surface area contributed by atoms with E-state index in [2.05, 4.69) is 11.0 Å². The number of halogens is 1. The third-order valence-electron chi connectivity index (χ3n) is 1.27. The van der Waals surface area contributed by atoms with Gasteiger partial charge >= 0.3 is 5.91 Å². The molecule has 62 valence electrons. The zero-order chi connectivity index (χ0) is 8.27. The van der Waals surface area contributed by atoms with Crippen LogP contribution < -0.4 is 11.0 Å². The second kappa shape index (κ2) is 3.40. The van der Waals surface area contributed by atoms with Crippen molar-refractivity contribution in [2.24, 2.45) is 0 Å². The molecule has 0 aromatic carbocycles. The van der Waals surface area contributed by atoms with Gasteiger partial charge in [0.25, 0.3) is 0 Å². The maximum absolute atomic E-state index is 11.7. The molecule has 0 aliphatic carbocycles. The summed E-state index contributed by atoms with van der Waals surface area (Å²) >= 11 is 0. The van der Waals surface area contributed by atoms with Crippen LogP contribution in [0, 0.1) is 0 Å². The Bertz CT molecular complexity index is 185. The van der Waals surface area contributed by atoms with Gasteiger partial charge in [0.1, 0.15) is 6.67 Å². The minimum absolute atomic E-state index is 0.0737. The van der Waals surface area contributed by atoms with E-state index in [0.29, 0.717) is 0 Å². The molecule has 6 heteroatoms. The van der Waals surface area contributed by atoms with Gasteiger partial charge in [0.2, 0.25) is 5.78 Å². The smallest absolute Gasteiger partial charge is 0.287 e. The average molecular weight is 161 g/mol. The first kappa shape index (κ1) is 8.09. The molecule has 1 saturated heterocycles. The van der Waals surface area contributed by atoms with Gasteiger partial charge in [-0.2, -0.15) is 5.53 Å². The second-order valence-electron chi connectivity index (χ2n) is 2.10. The maximum Gasteiger partial charge on any atom is 0.303 e. The van der Waals surface area contributed by atoms with Crippen LogP contribution in [0.25, 0.3) is 0 Å². The fourth-order valence-electron chi connectivity index (χ4n) is 0.721. The Kier molecular flexibility index (Phi) is 2.50. The molecule has 1 heterocycles. The van der Waals surface area contributed by atoms with Crippen LogP contribution >= 0.6 is 0 Å². The number of carbonyl (C=O) groups is 2. The number of carbonyl (C=O) groups excluding carboxylic acids is 2. The van der Waals surface area contributed by atoms with Gasteiger partial charge in [-0.1, -0.05) is 0 Å². The molecule has 0 atom stereocenters. The van der Waals surface area contributed by atoms with Gasteiger partial charge in [-0.3, -0.25) is 15.0 Å². The van der Waals surface area contributed by atoms with Crippen molar-refractivity contribution in [3.8, 4) is 0 Å². The van der Waals surface area contributed by atoms with Crippen molar-refractivity contribution in [1.82, 2.24) is 16.0 Å². The molecule has 11 heavy (non-hydrogen) atoms. The van der Waals surface area contributed by atoms with Crippen LogP contribution in [0.2, 0.25) is 0 Å². The van der Waals surface area contributed by atoms with Gasteiger partial charge in [-0.05, 0) is 0 Å². The molecule has 0 aromatic heterocycles. The summed E-state index contributed by atoms with van der Waals surface area (Å²) in [6.07, 6.45) is 0. The first-order valence-corrected chi connectivity index (χ1v) is 3.14. The highest BCUT2D eigenvalue weighted by molar-refractivity contribution is 6.37. The van der Waals surface area contributed by atoms with E-state index in [-0.39, 0.29) is 13.1 Å². The van der Waals surface area contributed by atoms with Crippen LogP contribution in [0.1, 0.15) is 0 Å². The van der Waals surface area contributed by atoms with Gasteiger partial charge in [-0.15, -0.1) is 0 Å².